The van der Waals surface area contributed by atoms with E-state index in [2.05, 4.69) is 38.2 Å². The van der Waals surface area contributed by atoms with Crippen LogP contribution in [0.3, 0.4) is 0 Å². The molecule has 5 rings (SSSR count). The number of carbonyl (C=O) groups excluding carboxylic acids is 4. The van der Waals surface area contributed by atoms with Gasteiger partial charge in [0, 0.05) is 37.0 Å². The standard InChI is InChI=1S/C40H50N4O7/c1-37(2,3)51-36(50)42-30(33(41)46)24-32(45)43-22-19-40(20-23-43,28-10-8-7-9-11-28)35(49)44-21-17-31-38(4,5)29(16-18-39(31,6)25-44)26-12-14-27(15-13-26)34(47)48/h7-17,30H,18-25H2,1-6H3,(H2,41,46)(H,42,50)(H,47,48)/t30-,39+/m0/s1. The molecule has 3 aliphatic rings. The molecular weight excluding hydrogens is 648 g/mol. The number of alkyl carbamates (subject to hydrolysis) is 1. The van der Waals surface area contributed by atoms with Crippen LogP contribution >= 0.6 is 0 Å². The second-order valence-corrected chi connectivity index (χ2v) is 15.8. The summed E-state index contributed by atoms with van der Waals surface area (Å²) in [7, 11) is 0. The number of piperidine rings is 1. The van der Waals surface area contributed by atoms with E-state index in [1.807, 2.05) is 47.4 Å². The lowest BCUT2D eigenvalue weighted by molar-refractivity contribution is -0.144. The van der Waals surface area contributed by atoms with E-state index in [0.717, 1.165) is 23.1 Å². The van der Waals surface area contributed by atoms with Crippen LogP contribution in [0.15, 0.2) is 72.3 Å². The van der Waals surface area contributed by atoms with E-state index in [0.29, 0.717) is 39.0 Å². The number of aromatic carboxylic acids is 1. The van der Waals surface area contributed by atoms with Crippen molar-refractivity contribution >= 4 is 35.4 Å². The van der Waals surface area contributed by atoms with E-state index in [4.69, 9.17) is 10.5 Å². The van der Waals surface area contributed by atoms with Crippen LogP contribution in [-0.2, 0) is 24.5 Å². The number of allylic oxidation sites excluding steroid dienone is 2. The van der Waals surface area contributed by atoms with Gasteiger partial charge in [0.1, 0.15) is 11.6 Å². The molecule has 4 amide bonds. The van der Waals surface area contributed by atoms with Gasteiger partial charge in [0.05, 0.1) is 17.4 Å². The maximum atomic E-state index is 14.8. The Bertz CT molecular complexity index is 1750. The van der Waals surface area contributed by atoms with E-state index in [1.165, 1.54) is 5.57 Å². The summed E-state index contributed by atoms with van der Waals surface area (Å²) in [5.74, 6) is -2.11. The summed E-state index contributed by atoms with van der Waals surface area (Å²) in [6, 6.07) is 15.5. The summed E-state index contributed by atoms with van der Waals surface area (Å²) >= 11 is 0. The fourth-order valence-corrected chi connectivity index (χ4v) is 8.16. The van der Waals surface area contributed by atoms with Gasteiger partial charge in [-0.3, -0.25) is 14.4 Å². The Labute approximate surface area is 299 Å². The highest BCUT2D eigenvalue weighted by atomic mass is 16.6. The minimum absolute atomic E-state index is 0.0239. The number of nitrogens with one attached hydrogen (secondary N) is 1. The van der Waals surface area contributed by atoms with Crippen molar-refractivity contribution in [2.75, 3.05) is 26.2 Å². The minimum atomic E-state index is -1.23. The number of nitrogens with zero attached hydrogens (tertiary/aromatic N) is 2. The number of amides is 4. The monoisotopic (exact) mass is 698 g/mol. The Hall–Kier alpha value is -4.93. The molecule has 0 unspecified atom stereocenters. The molecule has 11 nitrogen and oxygen atoms in total. The normalized spacial score (nSPS) is 21.7. The van der Waals surface area contributed by atoms with Gasteiger partial charge in [0.25, 0.3) is 0 Å². The van der Waals surface area contributed by atoms with Crippen molar-refractivity contribution in [3.05, 3.63) is 89.0 Å². The lowest BCUT2D eigenvalue weighted by Gasteiger charge is -2.52. The van der Waals surface area contributed by atoms with E-state index in [1.54, 1.807) is 37.8 Å². The first-order valence-corrected chi connectivity index (χ1v) is 17.5. The maximum absolute atomic E-state index is 14.8. The molecule has 0 bridgehead atoms. The van der Waals surface area contributed by atoms with Gasteiger partial charge in [-0.05, 0) is 68.9 Å². The first-order valence-electron chi connectivity index (χ1n) is 17.5. The molecule has 2 aliphatic heterocycles. The highest BCUT2D eigenvalue weighted by molar-refractivity contribution is 5.92. The van der Waals surface area contributed by atoms with Crippen LogP contribution in [0, 0.1) is 10.8 Å². The Morgan fingerprint density at radius 1 is 0.922 bits per heavy atom. The van der Waals surface area contributed by atoms with E-state index in [9.17, 15) is 29.1 Å². The highest BCUT2D eigenvalue weighted by Crippen LogP contribution is 2.55. The van der Waals surface area contributed by atoms with Crippen molar-refractivity contribution in [2.24, 2.45) is 16.6 Å². The van der Waals surface area contributed by atoms with Crippen LogP contribution in [0.2, 0.25) is 0 Å². The number of carboxylic acid groups (broad SMARTS) is 1. The number of carboxylic acids is 1. The first-order chi connectivity index (χ1) is 23.9. The van der Waals surface area contributed by atoms with E-state index >= 15 is 0 Å². The Kier molecular flexibility index (Phi) is 10.2. The van der Waals surface area contributed by atoms with Gasteiger partial charge < -0.3 is 30.7 Å². The number of likely N-dealkylation sites (tertiary alicyclic amines) is 1. The number of ether oxygens (including phenoxy) is 1. The predicted octanol–water partition coefficient (Wildman–Crippen LogP) is 5.30. The second-order valence-electron chi connectivity index (χ2n) is 15.8. The van der Waals surface area contributed by atoms with Gasteiger partial charge in [-0.25, -0.2) is 9.59 Å². The molecular formula is C40H50N4O7. The Morgan fingerprint density at radius 3 is 2.12 bits per heavy atom. The number of primary amides is 1. The van der Waals surface area contributed by atoms with Crippen molar-refractivity contribution in [1.82, 2.24) is 15.1 Å². The number of rotatable bonds is 8. The quantitative estimate of drug-likeness (QED) is 0.316. The average Bonchev–Trinajstić information content (AvgIpc) is 3.06. The predicted molar refractivity (Wildman–Crippen MR) is 193 cm³/mol. The lowest BCUT2D eigenvalue weighted by Crippen LogP contribution is -2.57. The average molecular weight is 699 g/mol. The molecule has 4 N–H and O–H groups in total. The molecule has 0 spiro atoms. The summed E-state index contributed by atoms with van der Waals surface area (Å²) in [5.41, 5.74) is 7.79. The van der Waals surface area contributed by atoms with Gasteiger partial charge >= 0.3 is 12.1 Å². The zero-order valence-electron chi connectivity index (χ0n) is 30.5. The van der Waals surface area contributed by atoms with Crippen LogP contribution in [-0.4, -0.2) is 82.5 Å². The van der Waals surface area contributed by atoms with Crippen molar-refractivity contribution in [3.8, 4) is 0 Å². The van der Waals surface area contributed by atoms with E-state index < -0.39 is 35.0 Å². The summed E-state index contributed by atoms with van der Waals surface area (Å²) in [4.78, 5) is 67.7. The topological polar surface area (TPSA) is 159 Å². The Morgan fingerprint density at radius 2 is 1.55 bits per heavy atom. The number of hydrogen-bond donors (Lipinski definition) is 3. The van der Waals surface area contributed by atoms with Gasteiger partial charge in [-0.2, -0.15) is 0 Å². The Balaban J connectivity index is 1.33. The zero-order chi connectivity index (χ0) is 37.4. The summed E-state index contributed by atoms with van der Waals surface area (Å²) in [6.45, 7) is 13.2. The fourth-order valence-electron chi connectivity index (χ4n) is 8.16. The molecule has 2 atom stereocenters. The van der Waals surface area contributed by atoms with Gasteiger partial charge in [-0.1, -0.05) is 81.0 Å². The van der Waals surface area contributed by atoms with Crippen molar-refractivity contribution in [3.63, 3.8) is 0 Å². The number of benzene rings is 2. The number of nitrogens with two attached hydrogens (primary N) is 1. The second kappa shape index (κ2) is 14.0. The van der Waals surface area contributed by atoms with Crippen LogP contribution in [0.4, 0.5) is 4.79 Å². The molecule has 1 saturated heterocycles. The molecule has 0 aromatic heterocycles. The third kappa shape index (κ3) is 7.72. The SMILES string of the molecule is CC(C)(C)OC(=O)N[C@@H](CC(=O)N1CCC(C(=O)N2CC=C3C(C)(C)C(c4ccc(C(=O)O)cc4)=CC[C@]3(C)C2)(c2ccccc2)CC1)C(N)=O. The molecule has 272 valence electrons. The zero-order valence-corrected chi connectivity index (χ0v) is 30.5. The smallest absolute Gasteiger partial charge is 0.408 e. The largest absolute Gasteiger partial charge is 0.478 e. The number of hydrogen-bond acceptors (Lipinski definition) is 6. The van der Waals surface area contributed by atoms with Gasteiger partial charge in [-0.15, -0.1) is 0 Å². The van der Waals surface area contributed by atoms with E-state index in [-0.39, 0.29) is 34.6 Å². The number of carbonyl (C=O) groups is 5. The summed E-state index contributed by atoms with van der Waals surface area (Å²) in [5, 5.41) is 11.8. The minimum Gasteiger partial charge on any atom is -0.478 e. The molecule has 1 aliphatic carbocycles. The van der Waals surface area contributed by atoms with Crippen LogP contribution in [0.1, 0.15) is 88.7 Å². The van der Waals surface area contributed by atoms with Crippen molar-refractivity contribution in [1.29, 1.82) is 0 Å². The summed E-state index contributed by atoms with van der Waals surface area (Å²) in [6.07, 6.45) is 4.80. The molecule has 51 heavy (non-hydrogen) atoms. The molecule has 1 fully saturated rings. The number of fused-ring (bicyclic) bond motifs is 1. The third-order valence-electron chi connectivity index (χ3n) is 10.7. The van der Waals surface area contributed by atoms with Crippen molar-refractivity contribution in [2.45, 2.75) is 84.3 Å². The molecule has 0 saturated carbocycles. The highest BCUT2D eigenvalue weighted by Gasteiger charge is 2.51. The van der Waals surface area contributed by atoms with Crippen LogP contribution in [0.5, 0.6) is 0 Å². The summed E-state index contributed by atoms with van der Waals surface area (Å²) < 4.78 is 5.24. The first kappa shape index (κ1) is 37.3. The third-order valence-corrected chi connectivity index (χ3v) is 10.7. The molecule has 11 heteroatoms. The van der Waals surface area contributed by atoms with Gasteiger partial charge in [0.15, 0.2) is 0 Å². The van der Waals surface area contributed by atoms with Gasteiger partial charge in [0.2, 0.25) is 17.7 Å². The van der Waals surface area contributed by atoms with Crippen LogP contribution < -0.4 is 11.1 Å². The lowest BCUT2D eigenvalue weighted by atomic mass is 9.58. The van der Waals surface area contributed by atoms with Crippen LogP contribution in [0.25, 0.3) is 5.57 Å². The maximum Gasteiger partial charge on any atom is 0.408 e. The fraction of sp³-hybridized carbons (Fsp3) is 0.475. The molecule has 0 radical (unpaired) electrons. The molecule has 2 heterocycles. The van der Waals surface area contributed by atoms with Crippen molar-refractivity contribution < 1.29 is 33.8 Å². The molecule has 2 aromatic rings. The molecule has 2 aromatic carbocycles.